The van der Waals surface area contributed by atoms with Crippen molar-refractivity contribution in [3.63, 3.8) is 0 Å². The average molecular weight is 150 g/mol. The molecule has 1 unspecified atom stereocenters. The summed E-state index contributed by atoms with van der Waals surface area (Å²) in [5.74, 6) is 0.778. The summed E-state index contributed by atoms with van der Waals surface area (Å²) >= 11 is 2.53. The van der Waals surface area contributed by atoms with Crippen LogP contribution in [0.15, 0.2) is 0 Å². The van der Waals surface area contributed by atoms with Gasteiger partial charge in [-0.1, -0.05) is 23.5 Å². The molecular formula is C4H6O2S2. The van der Waals surface area contributed by atoms with E-state index in [9.17, 15) is 4.79 Å². The molecule has 0 aromatic rings. The Morgan fingerprint density at radius 1 is 1.88 bits per heavy atom. The Balaban J connectivity index is 2.32. The lowest BCUT2D eigenvalue weighted by atomic mass is 10.5. The Morgan fingerprint density at radius 2 is 2.62 bits per heavy atom. The third-order valence-electron chi connectivity index (χ3n) is 0.854. The van der Waals surface area contributed by atoms with Crippen LogP contribution in [-0.2, 0) is 0 Å². The van der Waals surface area contributed by atoms with Crippen LogP contribution in [0.4, 0.5) is 4.79 Å². The lowest BCUT2D eigenvalue weighted by molar-refractivity contribution is 0.276. The molecule has 1 aliphatic heterocycles. The first-order chi connectivity index (χ1) is 3.83. The van der Waals surface area contributed by atoms with Crippen molar-refractivity contribution in [3.8, 4) is 0 Å². The predicted molar refractivity (Wildman–Crippen MR) is 36.3 cm³/mol. The second-order valence-corrected chi connectivity index (χ2v) is 4.01. The van der Waals surface area contributed by atoms with Gasteiger partial charge >= 0.3 is 0 Å². The molecule has 0 amide bonds. The first-order valence-corrected chi connectivity index (χ1v) is 4.13. The van der Waals surface area contributed by atoms with Crippen LogP contribution in [0.5, 0.6) is 0 Å². The van der Waals surface area contributed by atoms with E-state index in [2.05, 4.69) is 0 Å². The van der Waals surface area contributed by atoms with Crippen molar-refractivity contribution >= 4 is 28.0 Å². The summed E-state index contributed by atoms with van der Waals surface area (Å²) in [5.41, 5.74) is 0. The molecule has 1 aliphatic rings. The highest BCUT2D eigenvalue weighted by atomic mass is 32.2. The largest absolute Gasteiger partial charge is 0.395 e. The first kappa shape index (κ1) is 6.45. The zero-order chi connectivity index (χ0) is 5.98. The zero-order valence-electron chi connectivity index (χ0n) is 4.16. The maximum Gasteiger partial charge on any atom is 0.246 e. The van der Waals surface area contributed by atoms with Gasteiger partial charge in [0.15, 0.2) is 0 Å². The van der Waals surface area contributed by atoms with Crippen LogP contribution >= 0.6 is 23.5 Å². The SMILES string of the molecule is O=C1SCC(CO)S1. The van der Waals surface area contributed by atoms with E-state index in [0.29, 0.717) is 0 Å². The zero-order valence-corrected chi connectivity index (χ0v) is 5.80. The van der Waals surface area contributed by atoms with Gasteiger partial charge in [0.05, 0.1) is 6.61 Å². The van der Waals surface area contributed by atoms with E-state index in [1.54, 1.807) is 0 Å². The molecule has 0 aromatic carbocycles. The third kappa shape index (κ3) is 1.40. The molecule has 0 spiro atoms. The van der Waals surface area contributed by atoms with Crippen LogP contribution in [-0.4, -0.2) is 27.2 Å². The predicted octanol–water partition coefficient (Wildman–Crippen LogP) is 0.947. The van der Waals surface area contributed by atoms with Crippen LogP contribution < -0.4 is 0 Å². The molecule has 4 heteroatoms. The van der Waals surface area contributed by atoms with E-state index in [1.165, 1.54) is 23.5 Å². The van der Waals surface area contributed by atoms with Crippen LogP contribution in [0.2, 0.25) is 0 Å². The number of carbonyl (C=O) groups excluding carboxylic acids is 1. The fraction of sp³-hybridized carbons (Fsp3) is 0.750. The van der Waals surface area contributed by atoms with Gasteiger partial charge in [-0.2, -0.15) is 0 Å². The van der Waals surface area contributed by atoms with E-state index in [4.69, 9.17) is 5.11 Å². The third-order valence-corrected chi connectivity index (χ3v) is 3.35. The first-order valence-electron chi connectivity index (χ1n) is 2.27. The molecule has 0 saturated carbocycles. The molecule has 46 valence electrons. The van der Waals surface area contributed by atoms with Gasteiger partial charge in [0.25, 0.3) is 0 Å². The minimum atomic E-state index is 0.128. The quantitative estimate of drug-likeness (QED) is 0.604. The number of hydrogen-bond acceptors (Lipinski definition) is 4. The van der Waals surface area contributed by atoms with Crippen molar-refractivity contribution < 1.29 is 9.90 Å². The standard InChI is InChI=1S/C4H6O2S2/c5-1-3-2-7-4(6)8-3/h3,5H,1-2H2. The molecule has 8 heavy (non-hydrogen) atoms. The molecule has 1 fully saturated rings. The summed E-state index contributed by atoms with van der Waals surface area (Å²) in [6.45, 7) is 0.128. The second-order valence-electron chi connectivity index (χ2n) is 1.48. The number of carbonyl (C=O) groups is 1. The molecule has 0 aliphatic carbocycles. The molecule has 1 rings (SSSR count). The Labute approximate surface area is 56.0 Å². The maximum atomic E-state index is 10.4. The van der Waals surface area contributed by atoms with E-state index in [0.717, 1.165) is 5.75 Å². The highest BCUT2D eigenvalue weighted by molar-refractivity contribution is 8.41. The molecule has 2 nitrogen and oxygen atoms in total. The number of thioether (sulfide) groups is 2. The van der Waals surface area contributed by atoms with Gasteiger partial charge in [0, 0.05) is 11.0 Å². The fourth-order valence-electron chi connectivity index (χ4n) is 0.455. The second kappa shape index (κ2) is 2.75. The fourth-order valence-corrected chi connectivity index (χ4v) is 2.59. The van der Waals surface area contributed by atoms with E-state index in [-0.39, 0.29) is 16.3 Å². The Hall–Kier alpha value is 0.330. The minimum Gasteiger partial charge on any atom is -0.395 e. The summed E-state index contributed by atoms with van der Waals surface area (Å²) in [7, 11) is 0. The highest BCUT2D eigenvalue weighted by Crippen LogP contribution is 2.31. The van der Waals surface area contributed by atoms with Gasteiger partial charge < -0.3 is 5.11 Å². The monoisotopic (exact) mass is 150 g/mol. The van der Waals surface area contributed by atoms with Crippen LogP contribution in [0.25, 0.3) is 0 Å². The van der Waals surface area contributed by atoms with Crippen LogP contribution in [0.3, 0.4) is 0 Å². The number of rotatable bonds is 1. The van der Waals surface area contributed by atoms with Crippen molar-refractivity contribution in [2.75, 3.05) is 12.4 Å². The summed E-state index contributed by atoms with van der Waals surface area (Å²) in [6, 6.07) is 0. The van der Waals surface area contributed by atoms with Gasteiger partial charge in [-0.3, -0.25) is 4.79 Å². The summed E-state index contributed by atoms with van der Waals surface area (Å²) in [6.07, 6.45) is 0. The average Bonchev–Trinajstić information content (AvgIpc) is 2.14. The van der Waals surface area contributed by atoms with Crippen molar-refractivity contribution in [2.45, 2.75) is 5.25 Å². The lowest BCUT2D eigenvalue weighted by Gasteiger charge is -1.95. The number of aliphatic hydroxyl groups excluding tert-OH is 1. The minimum absolute atomic E-state index is 0.128. The molecule has 0 bridgehead atoms. The molecule has 0 aromatic heterocycles. The van der Waals surface area contributed by atoms with Crippen molar-refractivity contribution in [3.05, 3.63) is 0 Å². The van der Waals surface area contributed by atoms with Gasteiger partial charge in [0.2, 0.25) is 4.45 Å². The van der Waals surface area contributed by atoms with Crippen molar-refractivity contribution in [1.82, 2.24) is 0 Å². The van der Waals surface area contributed by atoms with E-state index >= 15 is 0 Å². The summed E-state index contributed by atoms with van der Waals surface area (Å²) in [4.78, 5) is 10.4. The Morgan fingerprint density at radius 3 is 2.88 bits per heavy atom. The smallest absolute Gasteiger partial charge is 0.246 e. The lowest BCUT2D eigenvalue weighted by Crippen LogP contribution is -2.05. The van der Waals surface area contributed by atoms with Gasteiger partial charge in [-0.25, -0.2) is 0 Å². The molecule has 1 N–H and O–H groups in total. The van der Waals surface area contributed by atoms with Crippen LogP contribution in [0.1, 0.15) is 0 Å². The molecular weight excluding hydrogens is 144 g/mol. The van der Waals surface area contributed by atoms with E-state index in [1.807, 2.05) is 0 Å². The molecule has 1 atom stereocenters. The van der Waals surface area contributed by atoms with Crippen molar-refractivity contribution in [2.24, 2.45) is 0 Å². The number of aliphatic hydroxyl groups is 1. The Bertz CT molecular complexity index is 104. The molecule has 1 saturated heterocycles. The molecule has 1 heterocycles. The van der Waals surface area contributed by atoms with Crippen LogP contribution in [0, 0.1) is 0 Å². The maximum absolute atomic E-state index is 10.4. The topological polar surface area (TPSA) is 37.3 Å². The molecule has 0 radical (unpaired) electrons. The number of hydrogen-bond donors (Lipinski definition) is 1. The summed E-state index contributed by atoms with van der Waals surface area (Å²) in [5, 5.41) is 8.66. The van der Waals surface area contributed by atoms with Gasteiger partial charge in [0.1, 0.15) is 0 Å². The van der Waals surface area contributed by atoms with Gasteiger partial charge in [-0.15, -0.1) is 0 Å². The van der Waals surface area contributed by atoms with E-state index < -0.39 is 0 Å². The Kier molecular flexibility index (Phi) is 2.22. The van der Waals surface area contributed by atoms with Crippen molar-refractivity contribution in [1.29, 1.82) is 0 Å². The highest BCUT2D eigenvalue weighted by Gasteiger charge is 2.22. The summed E-state index contributed by atoms with van der Waals surface area (Å²) < 4.78 is 0.143. The van der Waals surface area contributed by atoms with Gasteiger partial charge in [-0.05, 0) is 0 Å². The normalized spacial score (nSPS) is 29.1.